The van der Waals surface area contributed by atoms with Gasteiger partial charge in [-0.05, 0) is 24.3 Å². The first kappa shape index (κ1) is 20.6. The summed E-state index contributed by atoms with van der Waals surface area (Å²) in [7, 11) is 0. The number of thioether (sulfide) groups is 1. The number of nitro benzene ring substituents is 1. The summed E-state index contributed by atoms with van der Waals surface area (Å²) in [6.45, 7) is 0. The van der Waals surface area contributed by atoms with Crippen LogP contribution in [0.2, 0.25) is 0 Å². The monoisotopic (exact) mass is 458 g/mol. The molecule has 4 aromatic rings. The first-order valence-electron chi connectivity index (χ1n) is 9.80. The molecule has 9 nitrogen and oxygen atoms in total. The van der Waals surface area contributed by atoms with Gasteiger partial charge in [0.25, 0.3) is 5.69 Å². The van der Waals surface area contributed by atoms with Crippen LogP contribution in [0.5, 0.6) is 0 Å². The van der Waals surface area contributed by atoms with Crippen molar-refractivity contribution in [1.82, 2.24) is 9.97 Å². The van der Waals surface area contributed by atoms with Gasteiger partial charge in [0.2, 0.25) is 5.91 Å². The number of H-pyrrole nitrogens is 1. The Balaban J connectivity index is 1.29. The molecule has 0 aliphatic heterocycles. The molecule has 1 aromatic heterocycles. The number of fused-ring (bicyclic) bond motifs is 3. The molecule has 10 heteroatoms. The zero-order chi connectivity index (χ0) is 23.1. The molecular formula is C23H14N4O5S. The molecule has 0 spiro atoms. The first-order chi connectivity index (χ1) is 15.9. The standard InChI is InChI=1S/C23H14N4O5S/c28-20(11-33-23-25-18-8-6-13(27(31)32)10-19(18)26-23)24-12-5-7-16-17(9-12)22(30)15-4-2-1-3-14(15)21(16)29/h1-10H,11H2,(H,24,28)(H,25,26). The van der Waals surface area contributed by atoms with Crippen LogP contribution < -0.4 is 5.32 Å². The molecule has 1 amide bonds. The maximum atomic E-state index is 12.8. The van der Waals surface area contributed by atoms with Gasteiger partial charge in [0, 0.05) is 40.1 Å². The molecule has 0 bridgehead atoms. The second-order valence-electron chi connectivity index (χ2n) is 7.30. The smallest absolute Gasteiger partial charge is 0.271 e. The van der Waals surface area contributed by atoms with Gasteiger partial charge in [-0.1, -0.05) is 36.0 Å². The van der Waals surface area contributed by atoms with Gasteiger partial charge < -0.3 is 10.3 Å². The van der Waals surface area contributed by atoms with E-state index in [1.165, 1.54) is 24.3 Å². The number of nitro groups is 1. The second kappa shape index (κ2) is 7.99. The molecule has 0 saturated heterocycles. The van der Waals surface area contributed by atoms with Crippen molar-refractivity contribution in [1.29, 1.82) is 0 Å². The lowest BCUT2D eigenvalue weighted by Gasteiger charge is -2.18. The van der Waals surface area contributed by atoms with E-state index in [4.69, 9.17) is 0 Å². The Labute approximate surface area is 190 Å². The van der Waals surface area contributed by atoms with Crippen LogP contribution in [-0.2, 0) is 4.79 Å². The molecule has 1 aliphatic rings. The van der Waals surface area contributed by atoms with E-state index in [1.807, 2.05) is 0 Å². The van der Waals surface area contributed by atoms with Crippen molar-refractivity contribution in [2.75, 3.05) is 11.1 Å². The fourth-order valence-electron chi connectivity index (χ4n) is 3.66. The Morgan fingerprint density at radius 2 is 1.67 bits per heavy atom. The minimum atomic E-state index is -0.490. The van der Waals surface area contributed by atoms with E-state index in [0.717, 1.165) is 11.8 Å². The SMILES string of the molecule is O=C(CSc1nc2ccc([N+](=O)[O-])cc2[nH]1)Nc1ccc2c(c1)C(=O)c1ccccc1C2=O. The summed E-state index contributed by atoms with van der Waals surface area (Å²) >= 11 is 1.14. The number of benzene rings is 3. The number of non-ortho nitro benzene ring substituents is 1. The van der Waals surface area contributed by atoms with Crippen LogP contribution in [-0.4, -0.2) is 38.1 Å². The summed E-state index contributed by atoms with van der Waals surface area (Å²) in [5.74, 6) is -0.795. The van der Waals surface area contributed by atoms with Crippen molar-refractivity contribution in [2.24, 2.45) is 0 Å². The lowest BCUT2D eigenvalue weighted by molar-refractivity contribution is -0.384. The molecular weight excluding hydrogens is 444 g/mol. The Kier molecular flexibility index (Phi) is 4.98. The third-order valence-corrected chi connectivity index (χ3v) is 6.08. The minimum absolute atomic E-state index is 0.0225. The zero-order valence-electron chi connectivity index (χ0n) is 16.8. The Bertz CT molecular complexity index is 1490. The van der Waals surface area contributed by atoms with Crippen LogP contribution in [0.3, 0.4) is 0 Å². The maximum absolute atomic E-state index is 12.8. The van der Waals surface area contributed by atoms with Gasteiger partial charge in [-0.25, -0.2) is 4.98 Å². The number of aromatic amines is 1. The molecule has 0 atom stereocenters. The van der Waals surface area contributed by atoms with Crippen molar-refractivity contribution in [3.63, 3.8) is 0 Å². The number of carbonyl (C=O) groups excluding carboxylic acids is 3. The number of hydrogen-bond acceptors (Lipinski definition) is 7. The van der Waals surface area contributed by atoms with Crippen molar-refractivity contribution in [3.05, 3.63) is 93.0 Å². The van der Waals surface area contributed by atoms with Crippen LogP contribution in [0.1, 0.15) is 31.8 Å². The molecule has 0 unspecified atom stereocenters. The van der Waals surface area contributed by atoms with E-state index in [2.05, 4.69) is 15.3 Å². The predicted molar refractivity (Wildman–Crippen MR) is 122 cm³/mol. The molecule has 1 heterocycles. The fourth-order valence-corrected chi connectivity index (χ4v) is 4.35. The van der Waals surface area contributed by atoms with Crippen molar-refractivity contribution < 1.29 is 19.3 Å². The van der Waals surface area contributed by atoms with Crippen LogP contribution in [0.25, 0.3) is 11.0 Å². The van der Waals surface area contributed by atoms with E-state index in [9.17, 15) is 24.5 Å². The van der Waals surface area contributed by atoms with Gasteiger partial charge >= 0.3 is 0 Å². The highest BCUT2D eigenvalue weighted by Gasteiger charge is 2.29. The molecule has 0 fully saturated rings. The number of aromatic nitrogens is 2. The van der Waals surface area contributed by atoms with E-state index in [0.29, 0.717) is 38.6 Å². The van der Waals surface area contributed by atoms with Crippen molar-refractivity contribution in [2.45, 2.75) is 5.16 Å². The highest BCUT2D eigenvalue weighted by Crippen LogP contribution is 2.29. The Morgan fingerprint density at radius 3 is 2.39 bits per heavy atom. The summed E-state index contributed by atoms with van der Waals surface area (Å²) in [5.41, 5.74) is 2.69. The number of ketones is 2. The maximum Gasteiger partial charge on any atom is 0.271 e. The summed E-state index contributed by atoms with van der Waals surface area (Å²) < 4.78 is 0. The summed E-state index contributed by atoms with van der Waals surface area (Å²) in [6.07, 6.45) is 0. The van der Waals surface area contributed by atoms with Crippen LogP contribution >= 0.6 is 11.8 Å². The zero-order valence-corrected chi connectivity index (χ0v) is 17.6. The number of hydrogen-bond donors (Lipinski definition) is 2. The third-order valence-electron chi connectivity index (χ3n) is 5.20. The lowest BCUT2D eigenvalue weighted by atomic mass is 9.84. The normalized spacial score (nSPS) is 12.4. The van der Waals surface area contributed by atoms with Crippen LogP contribution in [0.4, 0.5) is 11.4 Å². The summed E-state index contributed by atoms with van der Waals surface area (Å²) in [6, 6.07) is 15.6. The summed E-state index contributed by atoms with van der Waals surface area (Å²) in [4.78, 5) is 55.6. The van der Waals surface area contributed by atoms with E-state index < -0.39 is 4.92 Å². The number of amides is 1. The lowest BCUT2D eigenvalue weighted by Crippen LogP contribution is -2.21. The molecule has 33 heavy (non-hydrogen) atoms. The first-order valence-corrected chi connectivity index (χ1v) is 10.8. The van der Waals surface area contributed by atoms with Crippen LogP contribution in [0.15, 0.2) is 65.8 Å². The highest BCUT2D eigenvalue weighted by molar-refractivity contribution is 7.99. The molecule has 0 radical (unpaired) electrons. The topological polar surface area (TPSA) is 135 Å². The molecule has 5 rings (SSSR count). The summed E-state index contributed by atoms with van der Waals surface area (Å²) in [5, 5.41) is 14.1. The van der Waals surface area contributed by atoms with Crippen molar-refractivity contribution >= 4 is 51.6 Å². The minimum Gasteiger partial charge on any atom is -0.333 e. The van der Waals surface area contributed by atoms with E-state index >= 15 is 0 Å². The molecule has 2 N–H and O–H groups in total. The van der Waals surface area contributed by atoms with Gasteiger partial charge in [-0.2, -0.15) is 0 Å². The number of nitrogens with one attached hydrogen (secondary N) is 2. The van der Waals surface area contributed by atoms with E-state index in [-0.39, 0.29) is 34.5 Å². The van der Waals surface area contributed by atoms with Crippen LogP contribution in [0, 0.1) is 10.1 Å². The van der Waals surface area contributed by atoms with Crippen molar-refractivity contribution in [3.8, 4) is 0 Å². The number of rotatable bonds is 5. The molecule has 3 aromatic carbocycles. The second-order valence-corrected chi connectivity index (χ2v) is 8.27. The Morgan fingerprint density at radius 1 is 0.970 bits per heavy atom. The number of anilines is 1. The average molecular weight is 458 g/mol. The largest absolute Gasteiger partial charge is 0.333 e. The third kappa shape index (κ3) is 3.76. The quantitative estimate of drug-likeness (QED) is 0.231. The number of carbonyl (C=O) groups is 3. The van der Waals surface area contributed by atoms with E-state index in [1.54, 1.807) is 36.4 Å². The van der Waals surface area contributed by atoms with Gasteiger partial charge in [-0.15, -0.1) is 0 Å². The highest BCUT2D eigenvalue weighted by atomic mass is 32.2. The average Bonchev–Trinajstić information content (AvgIpc) is 3.23. The Hall–Kier alpha value is -4.31. The van der Waals surface area contributed by atoms with Gasteiger partial charge in [0.05, 0.1) is 21.7 Å². The number of nitrogens with zero attached hydrogens (tertiary/aromatic N) is 2. The fraction of sp³-hybridized carbons (Fsp3) is 0.0435. The number of imidazole rings is 1. The predicted octanol–water partition coefficient (Wildman–Crippen LogP) is 3.98. The van der Waals surface area contributed by atoms with Gasteiger partial charge in [-0.3, -0.25) is 24.5 Å². The van der Waals surface area contributed by atoms with Gasteiger partial charge in [0.15, 0.2) is 16.7 Å². The molecule has 0 saturated carbocycles. The van der Waals surface area contributed by atoms with Gasteiger partial charge in [0.1, 0.15) is 0 Å². The molecule has 1 aliphatic carbocycles. The molecule has 162 valence electrons.